The molecule has 0 spiro atoms. The minimum Gasteiger partial charge on any atom is -0.390 e. The number of carbonyl (C=O) groups excluding carboxylic acids is 2. The van der Waals surface area contributed by atoms with E-state index in [1.165, 1.54) is 4.90 Å². The topological polar surface area (TPSA) is 72.9 Å². The molecule has 0 saturated carbocycles. The lowest BCUT2D eigenvalue weighted by Crippen LogP contribution is -2.46. The van der Waals surface area contributed by atoms with Gasteiger partial charge in [-0.15, -0.1) is 0 Å². The highest BCUT2D eigenvalue weighted by molar-refractivity contribution is 6.01. The molecule has 2 aliphatic heterocycles. The molecule has 2 fully saturated rings. The summed E-state index contributed by atoms with van der Waals surface area (Å²) in [6.07, 6.45) is 1.49. The molecule has 2 rings (SSSR count). The van der Waals surface area contributed by atoms with Crippen LogP contribution >= 0.6 is 0 Å². The number of hydrogen-bond acceptors (Lipinski definition) is 4. The quantitative estimate of drug-likeness (QED) is 0.646. The minimum absolute atomic E-state index is 0.119. The monoisotopic (exact) mass is 241 g/mol. The summed E-state index contributed by atoms with van der Waals surface area (Å²) >= 11 is 0. The summed E-state index contributed by atoms with van der Waals surface area (Å²) in [4.78, 5) is 26.1. The van der Waals surface area contributed by atoms with Crippen molar-refractivity contribution in [2.45, 2.75) is 25.4 Å². The number of amides is 3. The lowest BCUT2D eigenvalue weighted by atomic mass is 9.94. The van der Waals surface area contributed by atoms with Crippen LogP contribution in [0.25, 0.3) is 0 Å². The highest BCUT2D eigenvalue weighted by Crippen LogP contribution is 2.20. The van der Waals surface area contributed by atoms with E-state index in [2.05, 4.69) is 10.2 Å². The van der Waals surface area contributed by atoms with E-state index in [1.54, 1.807) is 0 Å². The molecule has 0 unspecified atom stereocenters. The maximum absolute atomic E-state index is 11.3. The number of nitrogens with one attached hydrogen (secondary N) is 1. The highest BCUT2D eigenvalue weighted by Gasteiger charge is 2.30. The molecule has 0 aromatic rings. The van der Waals surface area contributed by atoms with Crippen LogP contribution in [0.2, 0.25) is 0 Å². The van der Waals surface area contributed by atoms with E-state index < -0.39 is 5.60 Å². The van der Waals surface area contributed by atoms with Gasteiger partial charge in [0.05, 0.1) is 12.1 Å². The molecule has 0 aliphatic carbocycles. The molecule has 0 atom stereocenters. The standard InChI is InChI=1S/C11H19N3O3/c1-11(17)2-4-13(5-3-11)6-7-14-9(15)8-12-10(14)16/h17H,2-8H2,1H3,(H,12,16). The number of hydrogen-bond donors (Lipinski definition) is 2. The number of aliphatic hydroxyl groups is 1. The molecule has 96 valence electrons. The second-order valence-electron chi connectivity index (χ2n) is 5.04. The Labute approximate surface area is 101 Å². The van der Waals surface area contributed by atoms with Crippen molar-refractivity contribution in [1.29, 1.82) is 0 Å². The SMILES string of the molecule is CC1(O)CCN(CCN2C(=O)CNC2=O)CC1. The lowest BCUT2D eigenvalue weighted by Gasteiger charge is -2.36. The summed E-state index contributed by atoms with van der Waals surface area (Å²) in [6.45, 7) is 4.73. The van der Waals surface area contributed by atoms with E-state index in [0.29, 0.717) is 13.1 Å². The van der Waals surface area contributed by atoms with Crippen LogP contribution in [0.4, 0.5) is 4.79 Å². The van der Waals surface area contributed by atoms with Crippen LogP contribution in [0.15, 0.2) is 0 Å². The van der Waals surface area contributed by atoms with Crippen molar-refractivity contribution in [3.63, 3.8) is 0 Å². The van der Waals surface area contributed by atoms with Gasteiger partial charge in [0.15, 0.2) is 0 Å². The largest absolute Gasteiger partial charge is 0.390 e. The van der Waals surface area contributed by atoms with Crippen molar-refractivity contribution in [2.75, 3.05) is 32.7 Å². The molecule has 17 heavy (non-hydrogen) atoms. The Morgan fingerprint density at radius 3 is 2.47 bits per heavy atom. The normalized spacial score (nSPS) is 25.2. The number of piperidine rings is 1. The first-order chi connectivity index (χ1) is 7.98. The molecule has 2 N–H and O–H groups in total. The van der Waals surface area contributed by atoms with Gasteiger partial charge in [-0.05, 0) is 19.8 Å². The van der Waals surface area contributed by atoms with Gasteiger partial charge in [0, 0.05) is 26.2 Å². The Kier molecular flexibility index (Phi) is 3.35. The summed E-state index contributed by atoms with van der Waals surface area (Å²) in [7, 11) is 0. The van der Waals surface area contributed by atoms with Crippen LogP contribution in [-0.4, -0.2) is 65.2 Å². The number of rotatable bonds is 3. The molecule has 3 amide bonds. The number of imide groups is 1. The van der Waals surface area contributed by atoms with Crippen molar-refractivity contribution in [3.8, 4) is 0 Å². The Bertz CT molecular complexity index is 304. The second-order valence-corrected chi connectivity index (χ2v) is 5.04. The van der Waals surface area contributed by atoms with Gasteiger partial charge in [-0.3, -0.25) is 9.69 Å². The van der Waals surface area contributed by atoms with E-state index in [9.17, 15) is 14.7 Å². The third kappa shape index (κ3) is 2.95. The van der Waals surface area contributed by atoms with Gasteiger partial charge < -0.3 is 15.3 Å². The third-order valence-corrected chi connectivity index (χ3v) is 3.51. The molecule has 2 saturated heterocycles. The fourth-order valence-electron chi connectivity index (χ4n) is 2.18. The molecule has 6 nitrogen and oxygen atoms in total. The molecule has 0 radical (unpaired) electrons. The summed E-state index contributed by atoms with van der Waals surface area (Å²) < 4.78 is 0. The van der Waals surface area contributed by atoms with Crippen LogP contribution in [0.3, 0.4) is 0 Å². The Hall–Kier alpha value is -1.14. The van der Waals surface area contributed by atoms with E-state index in [1.807, 2.05) is 6.92 Å². The fraction of sp³-hybridized carbons (Fsp3) is 0.818. The Morgan fingerprint density at radius 2 is 1.94 bits per heavy atom. The van der Waals surface area contributed by atoms with Crippen molar-refractivity contribution < 1.29 is 14.7 Å². The van der Waals surface area contributed by atoms with Gasteiger partial charge in [-0.25, -0.2) is 4.79 Å². The van der Waals surface area contributed by atoms with Crippen molar-refractivity contribution in [3.05, 3.63) is 0 Å². The average Bonchev–Trinajstić information content (AvgIpc) is 2.58. The van der Waals surface area contributed by atoms with Crippen molar-refractivity contribution >= 4 is 11.9 Å². The summed E-state index contributed by atoms with van der Waals surface area (Å²) in [5.41, 5.74) is -0.558. The molecule has 2 aliphatic rings. The van der Waals surface area contributed by atoms with Gasteiger partial charge in [-0.2, -0.15) is 0 Å². The number of urea groups is 1. The van der Waals surface area contributed by atoms with Crippen molar-refractivity contribution in [2.24, 2.45) is 0 Å². The summed E-state index contributed by atoms with van der Waals surface area (Å²) in [6, 6.07) is -0.293. The van der Waals surface area contributed by atoms with Gasteiger partial charge in [0.2, 0.25) is 5.91 Å². The fourth-order valence-corrected chi connectivity index (χ4v) is 2.18. The van der Waals surface area contributed by atoms with Gasteiger partial charge in [-0.1, -0.05) is 0 Å². The average molecular weight is 241 g/mol. The van der Waals surface area contributed by atoms with Crippen molar-refractivity contribution in [1.82, 2.24) is 15.1 Å². The molecule has 0 aromatic carbocycles. The van der Waals surface area contributed by atoms with E-state index in [0.717, 1.165) is 25.9 Å². The van der Waals surface area contributed by atoms with Crippen LogP contribution in [0.1, 0.15) is 19.8 Å². The molecule has 2 heterocycles. The number of carbonyl (C=O) groups is 2. The zero-order chi connectivity index (χ0) is 12.5. The first-order valence-corrected chi connectivity index (χ1v) is 6.01. The number of likely N-dealkylation sites (tertiary alicyclic amines) is 1. The van der Waals surface area contributed by atoms with Crippen LogP contribution in [0, 0.1) is 0 Å². The molecular weight excluding hydrogens is 222 g/mol. The second kappa shape index (κ2) is 4.62. The Morgan fingerprint density at radius 1 is 1.29 bits per heavy atom. The first kappa shape index (κ1) is 12.3. The van der Waals surface area contributed by atoms with Gasteiger partial charge in [0.25, 0.3) is 0 Å². The van der Waals surface area contributed by atoms with E-state index >= 15 is 0 Å². The van der Waals surface area contributed by atoms with Gasteiger partial charge >= 0.3 is 6.03 Å². The van der Waals surface area contributed by atoms with Gasteiger partial charge in [0.1, 0.15) is 0 Å². The third-order valence-electron chi connectivity index (χ3n) is 3.51. The maximum atomic E-state index is 11.3. The van der Waals surface area contributed by atoms with Crippen LogP contribution in [0.5, 0.6) is 0 Å². The molecule has 0 aromatic heterocycles. The smallest absolute Gasteiger partial charge is 0.324 e. The van der Waals surface area contributed by atoms with Crippen LogP contribution < -0.4 is 5.32 Å². The number of nitrogens with zero attached hydrogens (tertiary/aromatic N) is 2. The maximum Gasteiger partial charge on any atom is 0.324 e. The summed E-state index contributed by atoms with van der Waals surface area (Å²) in [5.74, 6) is -0.154. The zero-order valence-electron chi connectivity index (χ0n) is 10.1. The Balaban J connectivity index is 1.76. The zero-order valence-corrected chi connectivity index (χ0v) is 10.1. The summed E-state index contributed by atoms with van der Waals surface area (Å²) in [5, 5.41) is 12.3. The minimum atomic E-state index is -0.558. The predicted molar refractivity (Wildman–Crippen MR) is 61.4 cm³/mol. The van der Waals surface area contributed by atoms with E-state index in [-0.39, 0.29) is 18.5 Å². The molecule has 6 heteroatoms. The molecule has 0 bridgehead atoms. The first-order valence-electron chi connectivity index (χ1n) is 6.01. The lowest BCUT2D eigenvalue weighted by molar-refractivity contribution is -0.125. The predicted octanol–water partition coefficient (Wildman–Crippen LogP) is -0.615. The van der Waals surface area contributed by atoms with Crippen LogP contribution in [-0.2, 0) is 4.79 Å². The highest BCUT2D eigenvalue weighted by atomic mass is 16.3. The van der Waals surface area contributed by atoms with E-state index in [4.69, 9.17) is 0 Å². The molecular formula is C11H19N3O3.